The van der Waals surface area contributed by atoms with E-state index in [9.17, 15) is 14.4 Å². The van der Waals surface area contributed by atoms with Crippen LogP contribution < -0.4 is 15.5 Å². The van der Waals surface area contributed by atoms with Crippen LogP contribution in [0.15, 0.2) is 102 Å². The molecule has 2 amide bonds. The quantitative estimate of drug-likeness (QED) is 0.161. The molecule has 7 nitrogen and oxygen atoms in total. The molecule has 4 rings (SSSR count). The van der Waals surface area contributed by atoms with Crippen molar-refractivity contribution in [3.63, 3.8) is 0 Å². The summed E-state index contributed by atoms with van der Waals surface area (Å²) in [6.45, 7) is 0. The highest BCUT2D eigenvalue weighted by Crippen LogP contribution is 2.21. The van der Waals surface area contributed by atoms with E-state index in [1.807, 2.05) is 36.4 Å². The fraction of sp³-hybridized carbons (Fsp3) is 0. The Bertz CT molecular complexity index is 1330. The maximum absolute atomic E-state index is 12.6. The summed E-state index contributed by atoms with van der Waals surface area (Å²) in [7, 11) is 0. The fourth-order valence-corrected chi connectivity index (χ4v) is 3.11. The molecule has 0 aliphatic rings. The van der Waals surface area contributed by atoms with Crippen molar-refractivity contribution in [3.8, 4) is 5.75 Å². The van der Waals surface area contributed by atoms with E-state index in [4.69, 9.17) is 4.74 Å². The van der Waals surface area contributed by atoms with Crippen molar-refractivity contribution < 1.29 is 19.1 Å². The van der Waals surface area contributed by atoms with E-state index in [-0.39, 0.29) is 0 Å². The van der Waals surface area contributed by atoms with E-state index in [0.29, 0.717) is 22.6 Å². The van der Waals surface area contributed by atoms with Crippen LogP contribution >= 0.6 is 0 Å². The Balaban J connectivity index is 1.33. The lowest BCUT2D eigenvalue weighted by molar-refractivity contribution is -0.136. The minimum atomic E-state index is -0.893. The standard InChI is InChI=1S/C26H19N3O4/c30-24(28-20-9-2-1-3-10-20)25(31)29-27-17-18-13-15-21(16-14-18)33-26(32)23-12-6-8-19-7-4-5-11-22(19)23/h1-17H,(H,28,30)(H,29,31)/b27-17+. The molecule has 33 heavy (non-hydrogen) atoms. The van der Waals surface area contributed by atoms with Crippen molar-refractivity contribution in [2.45, 2.75) is 0 Å². The van der Waals surface area contributed by atoms with Gasteiger partial charge in [0.25, 0.3) is 0 Å². The number of hydrogen-bond donors (Lipinski definition) is 2. The highest BCUT2D eigenvalue weighted by molar-refractivity contribution is 6.39. The summed E-state index contributed by atoms with van der Waals surface area (Å²) in [6.07, 6.45) is 1.38. The first-order chi connectivity index (χ1) is 16.1. The van der Waals surface area contributed by atoms with E-state index in [1.54, 1.807) is 60.7 Å². The molecule has 2 N–H and O–H groups in total. The van der Waals surface area contributed by atoms with Crippen LogP contribution in [0.4, 0.5) is 5.69 Å². The van der Waals surface area contributed by atoms with Gasteiger partial charge in [-0.05, 0) is 58.8 Å². The molecule has 4 aromatic carbocycles. The Kier molecular flexibility index (Phi) is 6.51. The van der Waals surface area contributed by atoms with Crippen molar-refractivity contribution in [2.24, 2.45) is 5.10 Å². The van der Waals surface area contributed by atoms with Crippen molar-refractivity contribution >= 4 is 40.5 Å². The van der Waals surface area contributed by atoms with Crippen LogP contribution in [0.3, 0.4) is 0 Å². The van der Waals surface area contributed by atoms with Gasteiger partial charge in [0.15, 0.2) is 0 Å². The maximum atomic E-state index is 12.6. The number of anilines is 1. The van der Waals surface area contributed by atoms with Crippen molar-refractivity contribution in [3.05, 3.63) is 108 Å². The van der Waals surface area contributed by atoms with Gasteiger partial charge in [-0.3, -0.25) is 9.59 Å². The second-order valence-corrected chi connectivity index (χ2v) is 7.00. The van der Waals surface area contributed by atoms with Crippen LogP contribution in [-0.4, -0.2) is 24.0 Å². The molecule has 0 saturated carbocycles. The molecule has 0 aliphatic heterocycles. The van der Waals surface area contributed by atoms with Gasteiger partial charge in [0.2, 0.25) is 0 Å². The Labute approximate surface area is 189 Å². The minimum Gasteiger partial charge on any atom is -0.423 e. The van der Waals surface area contributed by atoms with E-state index in [2.05, 4.69) is 15.8 Å². The molecule has 0 aromatic heterocycles. The molecule has 0 spiro atoms. The predicted molar refractivity (Wildman–Crippen MR) is 126 cm³/mol. The largest absolute Gasteiger partial charge is 0.423 e. The van der Waals surface area contributed by atoms with Crippen LogP contribution in [0.2, 0.25) is 0 Å². The molecule has 0 radical (unpaired) electrons. The van der Waals surface area contributed by atoms with E-state index in [1.165, 1.54) is 6.21 Å². The fourth-order valence-electron chi connectivity index (χ4n) is 3.11. The molecule has 0 bridgehead atoms. The summed E-state index contributed by atoms with van der Waals surface area (Å²) in [5.41, 5.74) is 3.80. The molecule has 162 valence electrons. The maximum Gasteiger partial charge on any atom is 0.344 e. The number of carbonyl (C=O) groups is 3. The van der Waals surface area contributed by atoms with Gasteiger partial charge in [0.1, 0.15) is 5.75 Å². The average Bonchev–Trinajstić information content (AvgIpc) is 2.85. The molecule has 0 fully saturated rings. The van der Waals surface area contributed by atoms with Gasteiger partial charge >= 0.3 is 17.8 Å². The summed E-state index contributed by atoms with van der Waals surface area (Å²) >= 11 is 0. The molecule has 0 heterocycles. The summed E-state index contributed by atoms with van der Waals surface area (Å²) in [4.78, 5) is 36.3. The molecule has 0 saturated heterocycles. The van der Waals surface area contributed by atoms with Crippen molar-refractivity contribution in [1.29, 1.82) is 0 Å². The number of amides is 2. The SMILES string of the molecule is O=C(N/N=C/c1ccc(OC(=O)c2cccc3ccccc23)cc1)C(=O)Nc1ccccc1. The molecular formula is C26H19N3O4. The Morgan fingerprint density at radius 3 is 2.21 bits per heavy atom. The first kappa shape index (κ1) is 21.5. The highest BCUT2D eigenvalue weighted by atomic mass is 16.5. The molecule has 0 atom stereocenters. The van der Waals surface area contributed by atoms with E-state index in [0.717, 1.165) is 10.8 Å². The third-order valence-electron chi connectivity index (χ3n) is 4.72. The molecule has 4 aromatic rings. The van der Waals surface area contributed by atoms with E-state index >= 15 is 0 Å². The number of para-hydroxylation sites is 1. The first-order valence-corrected chi connectivity index (χ1v) is 10.1. The monoisotopic (exact) mass is 437 g/mol. The second-order valence-electron chi connectivity index (χ2n) is 7.00. The number of nitrogens with one attached hydrogen (secondary N) is 2. The predicted octanol–water partition coefficient (Wildman–Crippen LogP) is 4.15. The molecule has 0 aliphatic carbocycles. The van der Waals surface area contributed by atoms with Crippen molar-refractivity contribution in [1.82, 2.24) is 5.43 Å². The lowest BCUT2D eigenvalue weighted by Gasteiger charge is -2.07. The van der Waals surface area contributed by atoms with E-state index < -0.39 is 17.8 Å². The number of fused-ring (bicyclic) bond motifs is 1. The van der Waals surface area contributed by atoms with Crippen LogP contribution in [-0.2, 0) is 9.59 Å². The second kappa shape index (κ2) is 10.0. The summed E-state index contributed by atoms with van der Waals surface area (Å²) in [6, 6.07) is 28.3. The van der Waals surface area contributed by atoms with Gasteiger partial charge < -0.3 is 10.1 Å². The topological polar surface area (TPSA) is 96.9 Å². The smallest absolute Gasteiger partial charge is 0.344 e. The number of rotatable bonds is 5. The van der Waals surface area contributed by atoms with Gasteiger partial charge in [-0.25, -0.2) is 10.2 Å². The van der Waals surface area contributed by atoms with Gasteiger partial charge in [0.05, 0.1) is 11.8 Å². The highest BCUT2D eigenvalue weighted by Gasteiger charge is 2.13. The van der Waals surface area contributed by atoms with Crippen LogP contribution in [0.5, 0.6) is 5.75 Å². The lowest BCUT2D eigenvalue weighted by Crippen LogP contribution is -2.32. The van der Waals surface area contributed by atoms with Crippen molar-refractivity contribution in [2.75, 3.05) is 5.32 Å². The Morgan fingerprint density at radius 2 is 1.42 bits per heavy atom. The van der Waals surface area contributed by atoms with Crippen LogP contribution in [0.25, 0.3) is 10.8 Å². The number of esters is 1. The normalized spacial score (nSPS) is 10.7. The summed E-state index contributed by atoms with van der Waals surface area (Å²) in [5.74, 6) is -1.80. The zero-order valence-electron chi connectivity index (χ0n) is 17.4. The van der Waals surface area contributed by atoms with Gasteiger partial charge in [0, 0.05) is 5.69 Å². The number of ether oxygens (including phenoxy) is 1. The number of nitrogens with zero attached hydrogens (tertiary/aromatic N) is 1. The zero-order valence-corrected chi connectivity index (χ0v) is 17.4. The first-order valence-electron chi connectivity index (χ1n) is 10.1. The van der Waals surface area contributed by atoms with Gasteiger partial charge in [-0.1, -0.05) is 54.6 Å². The summed E-state index contributed by atoms with van der Waals surface area (Å²) in [5, 5.41) is 8.03. The minimum absolute atomic E-state index is 0.372. The molecule has 0 unspecified atom stereocenters. The third kappa shape index (κ3) is 5.48. The number of hydrogen-bond acceptors (Lipinski definition) is 5. The number of hydrazone groups is 1. The number of benzene rings is 4. The Hall–Kier alpha value is -4.78. The Morgan fingerprint density at radius 1 is 0.727 bits per heavy atom. The number of carbonyl (C=O) groups excluding carboxylic acids is 3. The van der Waals surface area contributed by atoms with Gasteiger partial charge in [-0.15, -0.1) is 0 Å². The molecular weight excluding hydrogens is 418 g/mol. The van der Waals surface area contributed by atoms with Crippen LogP contribution in [0.1, 0.15) is 15.9 Å². The van der Waals surface area contributed by atoms with Gasteiger partial charge in [-0.2, -0.15) is 5.10 Å². The summed E-state index contributed by atoms with van der Waals surface area (Å²) < 4.78 is 5.49. The zero-order chi connectivity index (χ0) is 23.0. The molecule has 7 heteroatoms. The third-order valence-corrected chi connectivity index (χ3v) is 4.72. The van der Waals surface area contributed by atoms with Crippen LogP contribution in [0, 0.1) is 0 Å². The lowest BCUT2D eigenvalue weighted by atomic mass is 10.0. The average molecular weight is 437 g/mol.